The Morgan fingerprint density at radius 2 is 1.86 bits per heavy atom. The third-order valence-corrected chi connectivity index (χ3v) is 3.52. The normalized spacial score (nSPS) is 10.9. The number of carbonyl (C=O) groups is 1. The molecule has 5 heteroatoms. The standard InChI is InChI=1S/C16H14N2O3/c1-21-15(19)9-18-14-7-6-10(17)8-13(14)11-4-2-3-5-12(11)16(18)20/h2-8H,9,17H2,1H3. The van der Waals surface area contributed by atoms with E-state index in [9.17, 15) is 9.59 Å². The Hall–Kier alpha value is -2.82. The highest BCUT2D eigenvalue weighted by Crippen LogP contribution is 2.24. The van der Waals surface area contributed by atoms with Crippen LogP contribution < -0.4 is 11.3 Å². The Kier molecular flexibility index (Phi) is 3.10. The Morgan fingerprint density at radius 1 is 1.14 bits per heavy atom. The Balaban J connectivity index is 2.46. The number of rotatable bonds is 2. The maximum atomic E-state index is 12.6. The third kappa shape index (κ3) is 2.12. The van der Waals surface area contributed by atoms with Crippen LogP contribution in [0.2, 0.25) is 0 Å². The van der Waals surface area contributed by atoms with Gasteiger partial charge in [0.2, 0.25) is 0 Å². The molecule has 0 bridgehead atoms. The fourth-order valence-corrected chi connectivity index (χ4v) is 2.51. The summed E-state index contributed by atoms with van der Waals surface area (Å²) in [5, 5.41) is 2.22. The van der Waals surface area contributed by atoms with Gasteiger partial charge in [0.15, 0.2) is 0 Å². The first-order valence-corrected chi connectivity index (χ1v) is 6.49. The number of carbonyl (C=O) groups excluding carboxylic acids is 1. The molecule has 1 aromatic heterocycles. The molecule has 21 heavy (non-hydrogen) atoms. The van der Waals surface area contributed by atoms with Crippen molar-refractivity contribution < 1.29 is 9.53 Å². The lowest BCUT2D eigenvalue weighted by Gasteiger charge is -2.12. The minimum atomic E-state index is -0.467. The number of hydrogen-bond donors (Lipinski definition) is 1. The number of nitrogens with zero attached hydrogens (tertiary/aromatic N) is 1. The molecule has 0 aliphatic carbocycles. The number of aromatic nitrogens is 1. The largest absolute Gasteiger partial charge is 0.468 e. The maximum Gasteiger partial charge on any atom is 0.325 e. The van der Waals surface area contributed by atoms with Crippen LogP contribution in [0.4, 0.5) is 5.69 Å². The van der Waals surface area contributed by atoms with E-state index < -0.39 is 5.97 Å². The summed E-state index contributed by atoms with van der Waals surface area (Å²) in [5.74, 6) is -0.467. The molecule has 0 radical (unpaired) electrons. The minimum Gasteiger partial charge on any atom is -0.468 e. The number of methoxy groups -OCH3 is 1. The summed E-state index contributed by atoms with van der Waals surface area (Å²) in [6.07, 6.45) is 0. The average molecular weight is 282 g/mol. The number of pyridine rings is 1. The Labute approximate surface area is 120 Å². The Morgan fingerprint density at radius 3 is 2.57 bits per heavy atom. The SMILES string of the molecule is COC(=O)Cn1c(=O)c2ccccc2c2cc(N)ccc21. The molecule has 0 unspecified atom stereocenters. The maximum absolute atomic E-state index is 12.6. The molecule has 0 saturated carbocycles. The molecule has 106 valence electrons. The number of ether oxygens (including phenoxy) is 1. The fraction of sp³-hybridized carbons (Fsp3) is 0.125. The van der Waals surface area contributed by atoms with Crippen LogP contribution in [0, 0.1) is 0 Å². The summed E-state index contributed by atoms with van der Waals surface area (Å²) in [6, 6.07) is 12.6. The van der Waals surface area contributed by atoms with Crippen LogP contribution in [-0.2, 0) is 16.1 Å². The van der Waals surface area contributed by atoms with Crippen molar-refractivity contribution in [3.05, 3.63) is 52.8 Å². The molecule has 2 N–H and O–H groups in total. The first-order valence-electron chi connectivity index (χ1n) is 6.49. The summed E-state index contributed by atoms with van der Waals surface area (Å²) in [4.78, 5) is 24.2. The monoisotopic (exact) mass is 282 g/mol. The molecule has 0 aliphatic rings. The molecule has 0 amide bonds. The van der Waals surface area contributed by atoms with Crippen molar-refractivity contribution in [2.24, 2.45) is 0 Å². The molecular weight excluding hydrogens is 268 g/mol. The number of nitrogen functional groups attached to an aromatic ring is 1. The molecular formula is C16H14N2O3. The van der Waals surface area contributed by atoms with Gasteiger partial charge in [-0.2, -0.15) is 0 Å². The van der Waals surface area contributed by atoms with Crippen LogP contribution in [0.15, 0.2) is 47.3 Å². The highest BCUT2D eigenvalue weighted by Gasteiger charge is 2.13. The third-order valence-electron chi connectivity index (χ3n) is 3.52. The molecule has 2 aromatic carbocycles. The lowest BCUT2D eigenvalue weighted by molar-refractivity contribution is -0.141. The predicted molar refractivity (Wildman–Crippen MR) is 82.1 cm³/mol. The van der Waals surface area contributed by atoms with E-state index in [0.29, 0.717) is 16.6 Å². The highest BCUT2D eigenvalue weighted by molar-refractivity contribution is 6.06. The van der Waals surface area contributed by atoms with Gasteiger partial charge in [0, 0.05) is 16.5 Å². The van der Waals surface area contributed by atoms with E-state index in [1.54, 1.807) is 24.3 Å². The number of hydrogen-bond acceptors (Lipinski definition) is 4. The molecule has 5 nitrogen and oxygen atoms in total. The molecule has 3 aromatic rings. The summed E-state index contributed by atoms with van der Waals surface area (Å²) in [5.41, 5.74) is 6.91. The number of benzene rings is 2. The van der Waals surface area contributed by atoms with Crippen LogP contribution in [-0.4, -0.2) is 17.6 Å². The van der Waals surface area contributed by atoms with Gasteiger partial charge < -0.3 is 10.5 Å². The van der Waals surface area contributed by atoms with Gasteiger partial charge in [-0.3, -0.25) is 14.2 Å². The van der Waals surface area contributed by atoms with Crippen molar-refractivity contribution in [1.29, 1.82) is 0 Å². The summed E-state index contributed by atoms with van der Waals surface area (Å²) in [7, 11) is 1.30. The van der Waals surface area contributed by atoms with E-state index in [4.69, 9.17) is 5.73 Å². The zero-order chi connectivity index (χ0) is 15.0. The molecule has 0 saturated heterocycles. The lowest BCUT2D eigenvalue weighted by atomic mass is 10.1. The smallest absolute Gasteiger partial charge is 0.325 e. The molecule has 0 aliphatic heterocycles. The first-order chi connectivity index (χ1) is 10.1. The van der Waals surface area contributed by atoms with E-state index in [-0.39, 0.29) is 12.1 Å². The molecule has 0 fully saturated rings. The second-order valence-corrected chi connectivity index (χ2v) is 4.79. The number of esters is 1. The zero-order valence-corrected chi connectivity index (χ0v) is 11.5. The van der Waals surface area contributed by atoms with Crippen molar-refractivity contribution in [3.8, 4) is 0 Å². The van der Waals surface area contributed by atoms with Crippen molar-refractivity contribution in [1.82, 2.24) is 4.57 Å². The fourth-order valence-electron chi connectivity index (χ4n) is 2.51. The van der Waals surface area contributed by atoms with Crippen LogP contribution >= 0.6 is 0 Å². The van der Waals surface area contributed by atoms with Crippen molar-refractivity contribution in [2.45, 2.75) is 6.54 Å². The van der Waals surface area contributed by atoms with Gasteiger partial charge in [-0.1, -0.05) is 18.2 Å². The molecule has 0 atom stereocenters. The van der Waals surface area contributed by atoms with Gasteiger partial charge in [0.1, 0.15) is 6.54 Å². The van der Waals surface area contributed by atoms with Gasteiger partial charge in [0.25, 0.3) is 5.56 Å². The van der Waals surface area contributed by atoms with E-state index in [2.05, 4.69) is 4.74 Å². The van der Waals surface area contributed by atoms with Gasteiger partial charge in [0.05, 0.1) is 12.6 Å². The number of anilines is 1. The average Bonchev–Trinajstić information content (AvgIpc) is 2.51. The number of fused-ring (bicyclic) bond motifs is 3. The van der Waals surface area contributed by atoms with Crippen molar-refractivity contribution in [3.63, 3.8) is 0 Å². The summed E-state index contributed by atoms with van der Waals surface area (Å²) >= 11 is 0. The van der Waals surface area contributed by atoms with E-state index in [1.165, 1.54) is 11.7 Å². The van der Waals surface area contributed by atoms with Gasteiger partial charge in [-0.15, -0.1) is 0 Å². The molecule has 1 heterocycles. The minimum absolute atomic E-state index is 0.124. The summed E-state index contributed by atoms with van der Waals surface area (Å²) < 4.78 is 6.09. The second-order valence-electron chi connectivity index (χ2n) is 4.79. The Bertz CT molecular complexity index is 912. The van der Waals surface area contributed by atoms with Crippen molar-refractivity contribution >= 4 is 33.3 Å². The van der Waals surface area contributed by atoms with Crippen LogP contribution in [0.25, 0.3) is 21.7 Å². The zero-order valence-electron chi connectivity index (χ0n) is 11.5. The van der Waals surface area contributed by atoms with E-state index >= 15 is 0 Å². The topological polar surface area (TPSA) is 74.3 Å². The first kappa shape index (κ1) is 13.2. The molecule has 0 spiro atoms. The van der Waals surface area contributed by atoms with Gasteiger partial charge in [-0.05, 0) is 29.7 Å². The second kappa shape index (κ2) is 4.94. The van der Waals surface area contributed by atoms with Gasteiger partial charge >= 0.3 is 5.97 Å². The highest BCUT2D eigenvalue weighted by atomic mass is 16.5. The van der Waals surface area contributed by atoms with E-state index in [1.807, 2.05) is 18.2 Å². The summed E-state index contributed by atoms with van der Waals surface area (Å²) in [6.45, 7) is -0.124. The number of nitrogens with two attached hydrogens (primary N) is 1. The van der Waals surface area contributed by atoms with Gasteiger partial charge in [-0.25, -0.2) is 0 Å². The predicted octanol–water partition coefficient (Wildman–Crippen LogP) is 1.91. The van der Waals surface area contributed by atoms with Crippen LogP contribution in [0.1, 0.15) is 0 Å². The van der Waals surface area contributed by atoms with Crippen LogP contribution in [0.5, 0.6) is 0 Å². The van der Waals surface area contributed by atoms with Crippen LogP contribution in [0.3, 0.4) is 0 Å². The van der Waals surface area contributed by atoms with E-state index in [0.717, 1.165) is 10.8 Å². The quantitative estimate of drug-likeness (QED) is 0.442. The molecule has 3 rings (SSSR count). The van der Waals surface area contributed by atoms with Crippen molar-refractivity contribution in [2.75, 3.05) is 12.8 Å². The lowest BCUT2D eigenvalue weighted by Crippen LogP contribution is -2.25.